The number of ether oxygens (including phenoxy) is 1. The molecule has 1 aliphatic rings. The molecule has 0 spiro atoms. The van der Waals surface area contributed by atoms with Crippen LogP contribution in [0.2, 0.25) is 0 Å². The molecule has 0 radical (unpaired) electrons. The van der Waals surface area contributed by atoms with E-state index in [0.29, 0.717) is 16.0 Å². The van der Waals surface area contributed by atoms with Crippen LogP contribution >= 0.6 is 11.9 Å². The summed E-state index contributed by atoms with van der Waals surface area (Å²) < 4.78 is 59.3. The van der Waals surface area contributed by atoms with Crippen molar-refractivity contribution in [1.82, 2.24) is 14.7 Å². The number of pyridine rings is 1. The third kappa shape index (κ3) is 6.24. The highest BCUT2D eigenvalue weighted by atomic mass is 32.2. The maximum absolute atomic E-state index is 13.2. The molecule has 2 N–H and O–H groups in total. The zero-order valence-electron chi connectivity index (χ0n) is 19.1. The van der Waals surface area contributed by atoms with E-state index in [9.17, 15) is 37.1 Å². The second-order valence-electron chi connectivity index (χ2n) is 8.36. The monoisotopic (exact) mass is 528 g/mol. The van der Waals surface area contributed by atoms with E-state index in [-0.39, 0.29) is 5.69 Å². The number of hydrogen-bond acceptors (Lipinski definition) is 8. The molecule has 192 valence electrons. The highest BCUT2D eigenvalue weighted by Gasteiger charge is 2.43. The number of amides is 3. The molecular weight excluding hydrogens is 508 g/mol. The summed E-state index contributed by atoms with van der Waals surface area (Å²) >= 11 is 0.727. The van der Waals surface area contributed by atoms with Crippen molar-refractivity contribution in [3.05, 3.63) is 65.4 Å². The highest BCUT2D eigenvalue weighted by Crippen LogP contribution is 2.31. The van der Waals surface area contributed by atoms with Gasteiger partial charge in [0.2, 0.25) is 0 Å². The standard InChI is InChI=1S/C22H20F4N4O5S/c1-21(2,3)35-20(34)30-19(33)17(18(32)28-36-14-7-4-12(23)5-8-14)15(31)11-29(30)13-6-9-16(27-10-13)22(24,25)26/h4-10,31H,11H2,1-3H3,(H,28,32). The molecule has 1 aromatic carbocycles. The molecule has 2 aromatic rings. The van der Waals surface area contributed by atoms with Gasteiger partial charge in [0.15, 0.2) is 0 Å². The van der Waals surface area contributed by atoms with Gasteiger partial charge in [0.05, 0.1) is 18.4 Å². The Labute approximate surface area is 206 Å². The van der Waals surface area contributed by atoms with Gasteiger partial charge in [-0.3, -0.25) is 19.3 Å². The average Bonchev–Trinajstić information content (AvgIpc) is 2.76. The van der Waals surface area contributed by atoms with Gasteiger partial charge in [0.25, 0.3) is 11.8 Å². The predicted octanol–water partition coefficient (Wildman–Crippen LogP) is 4.37. The Morgan fingerprint density at radius 1 is 1.11 bits per heavy atom. The number of aliphatic hydroxyl groups excluding tert-OH is 1. The number of aliphatic hydroxyl groups is 1. The van der Waals surface area contributed by atoms with Gasteiger partial charge in [0, 0.05) is 4.90 Å². The zero-order chi connectivity index (χ0) is 26.8. The van der Waals surface area contributed by atoms with Crippen molar-refractivity contribution in [2.24, 2.45) is 0 Å². The lowest BCUT2D eigenvalue weighted by Gasteiger charge is -2.38. The number of carbonyl (C=O) groups is 3. The molecule has 1 aromatic heterocycles. The lowest BCUT2D eigenvalue weighted by Crippen LogP contribution is -2.57. The van der Waals surface area contributed by atoms with Gasteiger partial charge < -0.3 is 9.84 Å². The van der Waals surface area contributed by atoms with Crippen molar-refractivity contribution in [3.8, 4) is 0 Å². The molecule has 1 aliphatic heterocycles. The molecule has 36 heavy (non-hydrogen) atoms. The minimum Gasteiger partial charge on any atom is -0.509 e. The van der Waals surface area contributed by atoms with E-state index in [1.54, 1.807) is 0 Å². The van der Waals surface area contributed by atoms with E-state index >= 15 is 0 Å². The zero-order valence-corrected chi connectivity index (χ0v) is 19.9. The number of nitrogens with zero attached hydrogens (tertiary/aromatic N) is 3. The topological polar surface area (TPSA) is 112 Å². The van der Waals surface area contributed by atoms with Crippen LogP contribution in [0.5, 0.6) is 0 Å². The van der Waals surface area contributed by atoms with Gasteiger partial charge >= 0.3 is 12.3 Å². The fourth-order valence-corrected chi connectivity index (χ4v) is 3.50. The maximum atomic E-state index is 13.2. The summed E-state index contributed by atoms with van der Waals surface area (Å²) in [5.74, 6) is -3.60. The maximum Gasteiger partial charge on any atom is 0.437 e. The van der Waals surface area contributed by atoms with Gasteiger partial charge in [-0.25, -0.2) is 14.2 Å². The normalized spacial score (nSPS) is 14.7. The Hall–Kier alpha value is -3.81. The Balaban J connectivity index is 1.93. The van der Waals surface area contributed by atoms with Crippen molar-refractivity contribution < 1.29 is 41.8 Å². The molecule has 0 aliphatic carbocycles. The van der Waals surface area contributed by atoms with Crippen molar-refractivity contribution in [3.63, 3.8) is 0 Å². The molecular formula is C22H20F4N4O5S. The number of hydrazine groups is 1. The average molecular weight is 528 g/mol. The van der Waals surface area contributed by atoms with Crippen LogP contribution in [0.15, 0.2) is 58.8 Å². The summed E-state index contributed by atoms with van der Waals surface area (Å²) in [5.41, 5.74) is -3.23. The molecule has 0 bridgehead atoms. The number of imide groups is 1. The molecule has 9 nitrogen and oxygen atoms in total. The van der Waals surface area contributed by atoms with Crippen LogP contribution in [-0.4, -0.2) is 45.2 Å². The van der Waals surface area contributed by atoms with Gasteiger partial charge in [-0.1, -0.05) is 0 Å². The Kier molecular flexibility index (Phi) is 7.48. The number of alkyl halides is 3. The van der Waals surface area contributed by atoms with Crippen LogP contribution in [0.1, 0.15) is 26.5 Å². The van der Waals surface area contributed by atoms with Crippen LogP contribution in [0.4, 0.5) is 28.0 Å². The molecule has 14 heteroatoms. The van der Waals surface area contributed by atoms with Crippen LogP contribution in [-0.2, 0) is 20.5 Å². The molecule has 0 fully saturated rings. The number of carbonyl (C=O) groups excluding carboxylic acids is 3. The minimum absolute atomic E-state index is 0.158. The molecule has 3 rings (SSSR count). The molecule has 3 amide bonds. The van der Waals surface area contributed by atoms with Gasteiger partial charge in [-0.15, -0.1) is 5.01 Å². The first kappa shape index (κ1) is 26.8. The first-order chi connectivity index (χ1) is 16.7. The van der Waals surface area contributed by atoms with E-state index < -0.39 is 59.1 Å². The van der Waals surface area contributed by atoms with Crippen LogP contribution in [0.25, 0.3) is 0 Å². The van der Waals surface area contributed by atoms with Gasteiger partial charge in [-0.2, -0.15) is 13.2 Å². The second-order valence-corrected chi connectivity index (χ2v) is 9.24. The summed E-state index contributed by atoms with van der Waals surface area (Å²) in [6, 6.07) is 6.61. The third-order valence-corrected chi connectivity index (χ3v) is 5.24. The van der Waals surface area contributed by atoms with Gasteiger partial charge in [-0.05, 0) is 69.1 Å². The predicted molar refractivity (Wildman–Crippen MR) is 120 cm³/mol. The largest absolute Gasteiger partial charge is 0.509 e. The second kappa shape index (κ2) is 10.0. The summed E-state index contributed by atoms with van der Waals surface area (Å²) in [6.45, 7) is 3.92. The van der Waals surface area contributed by atoms with E-state index in [2.05, 4.69) is 9.71 Å². The SMILES string of the molecule is CC(C)(C)OC(=O)N1C(=O)C(C(=O)NSc2ccc(F)cc2)=C(O)CN1c1ccc(C(F)(F)F)nc1. The lowest BCUT2D eigenvalue weighted by molar-refractivity contribution is -0.141. The first-order valence-corrected chi connectivity index (χ1v) is 11.0. The Bertz CT molecular complexity index is 1190. The van der Waals surface area contributed by atoms with Crippen molar-refractivity contribution in [2.75, 3.05) is 11.6 Å². The van der Waals surface area contributed by atoms with Crippen molar-refractivity contribution in [1.29, 1.82) is 0 Å². The number of anilines is 1. The number of rotatable bonds is 4. The van der Waals surface area contributed by atoms with Crippen LogP contribution in [0.3, 0.4) is 0 Å². The summed E-state index contributed by atoms with van der Waals surface area (Å²) in [5, 5.41) is 11.7. The van der Waals surface area contributed by atoms with E-state index in [4.69, 9.17) is 4.74 Å². The molecule has 0 saturated heterocycles. The van der Waals surface area contributed by atoms with E-state index in [1.807, 2.05) is 0 Å². The highest BCUT2D eigenvalue weighted by molar-refractivity contribution is 7.98. The Morgan fingerprint density at radius 2 is 1.75 bits per heavy atom. The van der Waals surface area contributed by atoms with E-state index in [1.165, 1.54) is 32.9 Å². The fraction of sp³-hybridized carbons (Fsp3) is 0.273. The number of hydrogen-bond donors (Lipinski definition) is 2. The number of aromatic nitrogens is 1. The minimum atomic E-state index is -4.73. The molecule has 0 unspecified atom stereocenters. The summed E-state index contributed by atoms with van der Waals surface area (Å²) in [6.07, 6.45) is -5.20. The third-order valence-electron chi connectivity index (χ3n) is 4.44. The molecule has 0 saturated carbocycles. The summed E-state index contributed by atoms with van der Waals surface area (Å²) in [7, 11) is 0. The van der Waals surface area contributed by atoms with Crippen molar-refractivity contribution >= 4 is 35.5 Å². The lowest BCUT2D eigenvalue weighted by atomic mass is 10.1. The number of nitrogens with one attached hydrogen (secondary N) is 1. The van der Waals surface area contributed by atoms with Crippen LogP contribution in [0, 0.1) is 5.82 Å². The fourth-order valence-electron chi connectivity index (χ4n) is 2.92. The molecule has 0 atom stereocenters. The molecule has 2 heterocycles. The Morgan fingerprint density at radius 3 is 2.28 bits per heavy atom. The number of benzene rings is 1. The van der Waals surface area contributed by atoms with Crippen molar-refractivity contribution in [2.45, 2.75) is 37.4 Å². The number of halogens is 4. The first-order valence-electron chi connectivity index (χ1n) is 10.2. The van der Waals surface area contributed by atoms with E-state index in [0.717, 1.165) is 41.4 Å². The van der Waals surface area contributed by atoms with Crippen LogP contribution < -0.4 is 9.73 Å². The van der Waals surface area contributed by atoms with Gasteiger partial charge in [0.1, 0.15) is 28.4 Å². The quantitative estimate of drug-likeness (QED) is 0.342. The summed E-state index contributed by atoms with van der Waals surface area (Å²) in [4.78, 5) is 42.5. The smallest absolute Gasteiger partial charge is 0.437 e.